The number of halogens is 1. The number of nitrogens with one attached hydrogen (secondary N) is 1. The molecule has 0 spiro atoms. The van der Waals surface area contributed by atoms with Gasteiger partial charge in [0.05, 0.1) is 19.8 Å². The number of methoxy groups -OCH3 is 2. The second-order valence-corrected chi connectivity index (χ2v) is 7.86. The summed E-state index contributed by atoms with van der Waals surface area (Å²) in [5, 5.41) is 2.71. The van der Waals surface area contributed by atoms with Crippen molar-refractivity contribution in [1.29, 1.82) is 0 Å². The summed E-state index contributed by atoms with van der Waals surface area (Å²) in [4.78, 5) is 25.9. The third-order valence-corrected chi connectivity index (χ3v) is 5.83. The number of anilines is 1. The molecule has 0 saturated heterocycles. The van der Waals surface area contributed by atoms with Gasteiger partial charge in [-0.15, -0.1) is 11.6 Å². The SMILES string of the molecule is COc1ccc(OC)c(C(=O)c2oc3ccc(NC(=O)C(Cl)c4ccccc4)cc3c2C)c1. The number of alkyl halides is 1. The molecule has 168 valence electrons. The molecule has 4 rings (SSSR count). The van der Waals surface area contributed by atoms with Crippen molar-refractivity contribution >= 4 is 39.9 Å². The molecule has 6 nitrogen and oxygen atoms in total. The van der Waals surface area contributed by atoms with E-state index in [1.165, 1.54) is 14.2 Å². The van der Waals surface area contributed by atoms with Gasteiger partial charge in [-0.1, -0.05) is 30.3 Å². The van der Waals surface area contributed by atoms with E-state index in [0.717, 1.165) is 0 Å². The Hall–Kier alpha value is -3.77. The van der Waals surface area contributed by atoms with Gasteiger partial charge in [0.15, 0.2) is 5.76 Å². The zero-order valence-electron chi connectivity index (χ0n) is 18.3. The van der Waals surface area contributed by atoms with Gasteiger partial charge in [0.2, 0.25) is 11.7 Å². The molecule has 0 aliphatic rings. The second kappa shape index (κ2) is 9.38. The van der Waals surface area contributed by atoms with Crippen LogP contribution in [-0.2, 0) is 4.79 Å². The fourth-order valence-electron chi connectivity index (χ4n) is 3.61. The van der Waals surface area contributed by atoms with Crippen LogP contribution in [0, 0.1) is 6.92 Å². The number of furan rings is 1. The smallest absolute Gasteiger partial charge is 0.246 e. The van der Waals surface area contributed by atoms with E-state index in [2.05, 4.69) is 5.32 Å². The molecule has 0 fully saturated rings. The van der Waals surface area contributed by atoms with Crippen molar-refractivity contribution in [2.75, 3.05) is 19.5 Å². The highest BCUT2D eigenvalue weighted by Gasteiger charge is 2.24. The zero-order chi connectivity index (χ0) is 23.5. The van der Waals surface area contributed by atoms with Crippen LogP contribution in [0.25, 0.3) is 11.0 Å². The van der Waals surface area contributed by atoms with Gasteiger partial charge in [-0.3, -0.25) is 9.59 Å². The molecule has 0 radical (unpaired) electrons. The van der Waals surface area contributed by atoms with Crippen LogP contribution in [0.2, 0.25) is 0 Å². The van der Waals surface area contributed by atoms with Crippen LogP contribution in [-0.4, -0.2) is 25.9 Å². The molecular formula is C26H22ClNO5. The zero-order valence-corrected chi connectivity index (χ0v) is 19.1. The number of carbonyl (C=O) groups is 2. The van der Waals surface area contributed by atoms with Crippen LogP contribution in [0.1, 0.15) is 32.6 Å². The summed E-state index contributed by atoms with van der Waals surface area (Å²) < 4.78 is 16.5. The first kappa shape index (κ1) is 22.4. The minimum atomic E-state index is -0.829. The number of hydrogen-bond acceptors (Lipinski definition) is 5. The van der Waals surface area contributed by atoms with Gasteiger partial charge in [-0.25, -0.2) is 0 Å². The molecule has 1 atom stereocenters. The van der Waals surface area contributed by atoms with E-state index in [0.29, 0.717) is 44.8 Å². The summed E-state index contributed by atoms with van der Waals surface area (Å²) in [7, 11) is 3.03. The van der Waals surface area contributed by atoms with Crippen molar-refractivity contribution in [1.82, 2.24) is 0 Å². The predicted octanol–water partition coefficient (Wildman–Crippen LogP) is 5.91. The number of benzene rings is 3. The Labute approximate surface area is 196 Å². The summed E-state index contributed by atoms with van der Waals surface area (Å²) in [5.74, 6) is 0.477. The third kappa shape index (κ3) is 4.43. The maximum Gasteiger partial charge on any atom is 0.246 e. The number of ketones is 1. The van der Waals surface area contributed by atoms with E-state index >= 15 is 0 Å². The van der Waals surface area contributed by atoms with E-state index in [4.69, 9.17) is 25.5 Å². The Kier molecular flexibility index (Phi) is 6.38. The monoisotopic (exact) mass is 463 g/mol. The summed E-state index contributed by atoms with van der Waals surface area (Å²) in [6.45, 7) is 1.80. The van der Waals surface area contributed by atoms with Crippen LogP contribution in [0.4, 0.5) is 5.69 Å². The number of rotatable bonds is 7. The highest BCUT2D eigenvalue weighted by atomic mass is 35.5. The Balaban J connectivity index is 1.64. The van der Waals surface area contributed by atoms with Crippen LogP contribution >= 0.6 is 11.6 Å². The van der Waals surface area contributed by atoms with Crippen molar-refractivity contribution in [3.05, 3.63) is 89.2 Å². The number of aryl methyl sites for hydroxylation is 1. The van der Waals surface area contributed by atoms with E-state index in [-0.39, 0.29) is 17.5 Å². The highest BCUT2D eigenvalue weighted by molar-refractivity contribution is 6.32. The predicted molar refractivity (Wildman–Crippen MR) is 128 cm³/mol. The topological polar surface area (TPSA) is 77.8 Å². The van der Waals surface area contributed by atoms with Crippen molar-refractivity contribution < 1.29 is 23.5 Å². The van der Waals surface area contributed by atoms with E-state index in [1.807, 2.05) is 18.2 Å². The van der Waals surface area contributed by atoms with Crippen LogP contribution < -0.4 is 14.8 Å². The van der Waals surface area contributed by atoms with Crippen molar-refractivity contribution in [3.63, 3.8) is 0 Å². The molecular weight excluding hydrogens is 442 g/mol. The molecule has 1 aromatic heterocycles. The second-order valence-electron chi connectivity index (χ2n) is 7.42. The maximum atomic E-state index is 13.3. The van der Waals surface area contributed by atoms with Crippen molar-refractivity contribution in [2.45, 2.75) is 12.3 Å². The van der Waals surface area contributed by atoms with Crippen LogP contribution in [0.5, 0.6) is 11.5 Å². The van der Waals surface area contributed by atoms with Crippen molar-refractivity contribution in [3.8, 4) is 11.5 Å². The largest absolute Gasteiger partial charge is 0.497 e. The minimum Gasteiger partial charge on any atom is -0.497 e. The first-order valence-electron chi connectivity index (χ1n) is 10.2. The summed E-state index contributed by atoms with van der Waals surface area (Å²) in [6, 6.07) is 19.3. The lowest BCUT2D eigenvalue weighted by molar-refractivity contribution is -0.116. The lowest BCUT2D eigenvalue weighted by atomic mass is 10.0. The fourth-order valence-corrected chi connectivity index (χ4v) is 3.81. The first-order valence-corrected chi connectivity index (χ1v) is 10.7. The Morgan fingerprint density at radius 2 is 1.73 bits per heavy atom. The lowest BCUT2D eigenvalue weighted by Gasteiger charge is -2.11. The van der Waals surface area contributed by atoms with Crippen molar-refractivity contribution in [2.24, 2.45) is 0 Å². The molecule has 0 saturated carbocycles. The molecule has 1 heterocycles. The Morgan fingerprint density at radius 3 is 2.42 bits per heavy atom. The lowest BCUT2D eigenvalue weighted by Crippen LogP contribution is -2.17. The standard InChI is InChI=1S/C26H22ClNO5/c1-15-19-13-17(28-26(30)23(27)16-7-5-4-6-8-16)9-11-22(19)33-25(15)24(29)20-14-18(31-2)10-12-21(20)32-3/h4-14,23H,1-3H3,(H,28,30). The number of fused-ring (bicyclic) bond motifs is 1. The number of carbonyl (C=O) groups excluding carboxylic acids is 2. The Morgan fingerprint density at radius 1 is 0.970 bits per heavy atom. The minimum absolute atomic E-state index is 0.194. The third-order valence-electron chi connectivity index (χ3n) is 5.38. The average Bonchev–Trinajstić information content (AvgIpc) is 3.18. The molecule has 1 N–H and O–H groups in total. The molecule has 0 aliphatic heterocycles. The quantitative estimate of drug-likeness (QED) is 0.272. The summed E-state index contributed by atoms with van der Waals surface area (Å²) in [5.41, 5.74) is 2.77. The number of amides is 1. The van der Waals surface area contributed by atoms with Gasteiger partial charge in [-0.05, 0) is 48.9 Å². The van der Waals surface area contributed by atoms with E-state index in [1.54, 1.807) is 55.5 Å². The summed E-state index contributed by atoms with van der Waals surface area (Å²) >= 11 is 6.33. The van der Waals surface area contributed by atoms with Crippen LogP contribution in [0.15, 0.2) is 71.1 Å². The number of hydrogen-bond donors (Lipinski definition) is 1. The molecule has 3 aromatic carbocycles. The van der Waals surface area contributed by atoms with Gasteiger partial charge in [0, 0.05) is 16.6 Å². The molecule has 0 bridgehead atoms. The van der Waals surface area contributed by atoms with E-state index < -0.39 is 5.38 Å². The molecule has 33 heavy (non-hydrogen) atoms. The van der Waals surface area contributed by atoms with Gasteiger partial charge < -0.3 is 19.2 Å². The van der Waals surface area contributed by atoms with Gasteiger partial charge in [0.1, 0.15) is 22.5 Å². The first-order chi connectivity index (χ1) is 15.9. The molecule has 1 unspecified atom stereocenters. The molecule has 1 amide bonds. The summed E-state index contributed by atoms with van der Waals surface area (Å²) in [6.07, 6.45) is 0. The normalized spacial score (nSPS) is 11.8. The molecule has 7 heteroatoms. The average molecular weight is 464 g/mol. The van der Waals surface area contributed by atoms with Gasteiger partial charge in [0.25, 0.3) is 0 Å². The number of ether oxygens (including phenoxy) is 2. The fraction of sp³-hybridized carbons (Fsp3) is 0.154. The molecule has 0 aliphatic carbocycles. The molecule has 4 aromatic rings. The van der Waals surface area contributed by atoms with Crippen LogP contribution in [0.3, 0.4) is 0 Å². The Bertz CT molecular complexity index is 1330. The van der Waals surface area contributed by atoms with Gasteiger partial charge >= 0.3 is 0 Å². The maximum absolute atomic E-state index is 13.3. The van der Waals surface area contributed by atoms with Gasteiger partial charge in [-0.2, -0.15) is 0 Å². The van der Waals surface area contributed by atoms with E-state index in [9.17, 15) is 9.59 Å². The highest BCUT2D eigenvalue weighted by Crippen LogP contribution is 2.33.